The second-order valence-corrected chi connectivity index (χ2v) is 5.54. The quantitative estimate of drug-likeness (QED) is 0.874. The fraction of sp³-hybridized carbons (Fsp3) is 0.250. The zero-order chi connectivity index (χ0) is 13.8. The van der Waals surface area contributed by atoms with E-state index in [1.807, 2.05) is 31.2 Å². The van der Waals surface area contributed by atoms with Crippen molar-refractivity contribution in [3.63, 3.8) is 0 Å². The molecule has 100 valence electrons. The maximum Gasteiger partial charge on any atom is 0.143 e. The summed E-state index contributed by atoms with van der Waals surface area (Å²) in [5.41, 5.74) is 2.71. The molecule has 2 aromatic carbocycles. The van der Waals surface area contributed by atoms with Crippen LogP contribution in [0.4, 0.5) is 4.39 Å². The van der Waals surface area contributed by atoms with Crippen LogP contribution < -0.4 is 0 Å². The molecule has 0 amide bonds. The normalized spacial score (nSPS) is 12.4. The second kappa shape index (κ2) is 6.31. The first-order chi connectivity index (χ1) is 9.08. The molecular formula is C16H16BrFO. The number of benzene rings is 2. The molecule has 3 heteroatoms. The molecule has 1 N–H and O–H groups in total. The van der Waals surface area contributed by atoms with Gasteiger partial charge in [0.05, 0.1) is 10.6 Å². The minimum atomic E-state index is -0.779. The average Bonchev–Trinajstić information content (AvgIpc) is 2.41. The summed E-state index contributed by atoms with van der Waals surface area (Å²) in [6, 6.07) is 13.2. The van der Waals surface area contributed by atoms with Gasteiger partial charge in [-0.2, -0.15) is 0 Å². The smallest absolute Gasteiger partial charge is 0.143 e. The predicted octanol–water partition coefficient (Wildman–Crippen LogP) is 4.56. The largest absolute Gasteiger partial charge is 0.388 e. The first kappa shape index (κ1) is 14.2. The lowest BCUT2D eigenvalue weighted by Gasteiger charge is -2.12. The highest BCUT2D eigenvalue weighted by atomic mass is 79.9. The number of hydrogen-bond acceptors (Lipinski definition) is 1. The molecule has 19 heavy (non-hydrogen) atoms. The van der Waals surface area contributed by atoms with Crippen molar-refractivity contribution in [1.29, 1.82) is 0 Å². The molecule has 0 aromatic heterocycles. The average molecular weight is 323 g/mol. The van der Waals surface area contributed by atoms with Gasteiger partial charge in [0.2, 0.25) is 0 Å². The van der Waals surface area contributed by atoms with Crippen LogP contribution in [-0.4, -0.2) is 5.11 Å². The summed E-state index contributed by atoms with van der Waals surface area (Å²) in [4.78, 5) is 0. The topological polar surface area (TPSA) is 20.2 Å². The summed E-state index contributed by atoms with van der Waals surface area (Å²) in [7, 11) is 0. The number of hydrogen-bond donors (Lipinski definition) is 1. The van der Waals surface area contributed by atoms with E-state index in [0.29, 0.717) is 16.5 Å². The molecule has 2 aromatic rings. The van der Waals surface area contributed by atoms with Gasteiger partial charge in [-0.05, 0) is 47.3 Å². The highest BCUT2D eigenvalue weighted by molar-refractivity contribution is 9.10. The molecule has 0 radical (unpaired) electrons. The molecule has 0 saturated carbocycles. The van der Waals surface area contributed by atoms with Gasteiger partial charge in [-0.15, -0.1) is 0 Å². The van der Waals surface area contributed by atoms with E-state index in [2.05, 4.69) is 15.9 Å². The number of aliphatic hydroxyl groups excluding tert-OH is 1. The van der Waals surface area contributed by atoms with E-state index < -0.39 is 6.10 Å². The van der Waals surface area contributed by atoms with Crippen molar-refractivity contribution in [3.05, 3.63) is 69.4 Å². The Hall–Kier alpha value is -1.19. The Morgan fingerprint density at radius 1 is 1.16 bits per heavy atom. The van der Waals surface area contributed by atoms with E-state index in [4.69, 9.17) is 0 Å². The fourth-order valence-electron chi connectivity index (χ4n) is 1.99. The van der Waals surface area contributed by atoms with Crippen LogP contribution >= 0.6 is 15.9 Å². The molecule has 1 unspecified atom stereocenters. The molecular weight excluding hydrogens is 307 g/mol. The highest BCUT2D eigenvalue weighted by Crippen LogP contribution is 2.26. The van der Waals surface area contributed by atoms with Gasteiger partial charge < -0.3 is 5.11 Å². The predicted molar refractivity (Wildman–Crippen MR) is 78.6 cm³/mol. The van der Waals surface area contributed by atoms with Crippen LogP contribution in [0.2, 0.25) is 0 Å². The Balaban J connectivity index is 2.03. The van der Waals surface area contributed by atoms with Crippen molar-refractivity contribution in [3.8, 4) is 0 Å². The van der Waals surface area contributed by atoms with Crippen molar-refractivity contribution in [2.75, 3.05) is 0 Å². The molecule has 2 rings (SSSR count). The van der Waals surface area contributed by atoms with Crippen LogP contribution in [0, 0.1) is 12.7 Å². The summed E-state index contributed by atoms with van der Waals surface area (Å²) < 4.78 is 14.2. The minimum Gasteiger partial charge on any atom is -0.388 e. The maximum atomic E-state index is 13.8. The Labute approximate surface area is 121 Å². The first-order valence-electron chi connectivity index (χ1n) is 6.25. The van der Waals surface area contributed by atoms with Gasteiger partial charge in [0.25, 0.3) is 0 Å². The van der Waals surface area contributed by atoms with Gasteiger partial charge in [0.15, 0.2) is 0 Å². The van der Waals surface area contributed by atoms with Crippen LogP contribution in [0.15, 0.2) is 46.9 Å². The van der Waals surface area contributed by atoms with E-state index in [-0.39, 0.29) is 5.82 Å². The molecule has 0 aliphatic heterocycles. The third-order valence-corrected chi connectivity index (χ3v) is 3.78. The monoisotopic (exact) mass is 322 g/mol. The molecule has 0 heterocycles. The Bertz CT molecular complexity index is 551. The standard InChI is InChI=1S/C16H16BrFO/c1-11-5-7-12(8-6-11)9-10-15(19)13-3-2-4-14(17)16(13)18/h2-8,15,19H,9-10H2,1H3. The van der Waals surface area contributed by atoms with Crippen LogP contribution in [-0.2, 0) is 6.42 Å². The van der Waals surface area contributed by atoms with Gasteiger partial charge in [-0.25, -0.2) is 4.39 Å². The second-order valence-electron chi connectivity index (χ2n) is 4.68. The van der Waals surface area contributed by atoms with Crippen LogP contribution in [0.5, 0.6) is 0 Å². The van der Waals surface area contributed by atoms with Gasteiger partial charge in [-0.3, -0.25) is 0 Å². The van der Waals surface area contributed by atoms with E-state index in [0.717, 1.165) is 12.0 Å². The Kier molecular flexibility index (Phi) is 4.72. The fourth-order valence-corrected chi connectivity index (χ4v) is 2.37. The van der Waals surface area contributed by atoms with Crippen LogP contribution in [0.3, 0.4) is 0 Å². The summed E-state index contributed by atoms with van der Waals surface area (Å²) in [6.07, 6.45) is 0.461. The summed E-state index contributed by atoms with van der Waals surface area (Å²) in [6.45, 7) is 2.04. The van der Waals surface area contributed by atoms with Gasteiger partial charge in [0, 0.05) is 5.56 Å². The van der Waals surface area contributed by atoms with Gasteiger partial charge >= 0.3 is 0 Å². The summed E-state index contributed by atoms with van der Waals surface area (Å²) >= 11 is 3.13. The van der Waals surface area contributed by atoms with E-state index in [1.54, 1.807) is 18.2 Å². The van der Waals surface area contributed by atoms with Crippen LogP contribution in [0.25, 0.3) is 0 Å². The lowest BCUT2D eigenvalue weighted by atomic mass is 10.0. The lowest BCUT2D eigenvalue weighted by molar-refractivity contribution is 0.163. The molecule has 0 aliphatic carbocycles. The number of aliphatic hydroxyl groups is 1. The SMILES string of the molecule is Cc1ccc(CCC(O)c2cccc(Br)c2F)cc1. The highest BCUT2D eigenvalue weighted by Gasteiger charge is 2.14. The minimum absolute atomic E-state index is 0.349. The molecule has 0 aliphatic rings. The maximum absolute atomic E-state index is 13.8. The van der Waals surface area contributed by atoms with Crippen molar-refractivity contribution >= 4 is 15.9 Å². The third kappa shape index (κ3) is 3.64. The van der Waals surface area contributed by atoms with Crippen molar-refractivity contribution < 1.29 is 9.50 Å². The van der Waals surface area contributed by atoms with Crippen LogP contribution in [0.1, 0.15) is 29.2 Å². The molecule has 0 fully saturated rings. The third-order valence-electron chi connectivity index (χ3n) is 3.17. The van der Waals surface area contributed by atoms with E-state index in [1.165, 1.54) is 5.56 Å². The Morgan fingerprint density at radius 2 is 1.84 bits per heavy atom. The van der Waals surface area contributed by atoms with Crippen molar-refractivity contribution in [2.45, 2.75) is 25.9 Å². The van der Waals surface area contributed by atoms with E-state index >= 15 is 0 Å². The molecule has 0 bridgehead atoms. The van der Waals surface area contributed by atoms with Crippen molar-refractivity contribution in [2.24, 2.45) is 0 Å². The number of halogens is 2. The molecule has 1 atom stereocenters. The van der Waals surface area contributed by atoms with E-state index in [9.17, 15) is 9.50 Å². The number of aryl methyl sites for hydroxylation is 2. The zero-order valence-electron chi connectivity index (χ0n) is 10.7. The van der Waals surface area contributed by atoms with Gasteiger partial charge in [-0.1, -0.05) is 42.0 Å². The first-order valence-corrected chi connectivity index (χ1v) is 7.05. The number of rotatable bonds is 4. The Morgan fingerprint density at radius 3 is 2.53 bits per heavy atom. The molecule has 1 nitrogen and oxygen atoms in total. The molecule has 0 spiro atoms. The molecule has 0 saturated heterocycles. The zero-order valence-corrected chi connectivity index (χ0v) is 12.3. The van der Waals surface area contributed by atoms with Crippen molar-refractivity contribution in [1.82, 2.24) is 0 Å². The lowest BCUT2D eigenvalue weighted by Crippen LogP contribution is -2.03. The summed E-state index contributed by atoms with van der Waals surface area (Å²) in [5.74, 6) is -0.376. The summed E-state index contributed by atoms with van der Waals surface area (Å²) in [5, 5.41) is 10.1. The van der Waals surface area contributed by atoms with Gasteiger partial charge in [0.1, 0.15) is 5.82 Å².